The minimum absolute atomic E-state index is 0. The van der Waals surface area contributed by atoms with Crippen molar-refractivity contribution >= 4 is 29.9 Å². The maximum Gasteiger partial charge on any atom is 0.188 e. The van der Waals surface area contributed by atoms with Crippen molar-refractivity contribution < 1.29 is 4.74 Å². The molecule has 1 fully saturated rings. The molecule has 0 radical (unpaired) electrons. The number of aliphatic imine (C=N–C) groups is 1. The van der Waals surface area contributed by atoms with Gasteiger partial charge in [-0.15, -0.1) is 24.0 Å². The monoisotopic (exact) mass is 389 g/mol. The SMILES string of the molecule is CC(C)Oc1ccc(CCN=C(N)NC2CC2)cc1.I. The quantitative estimate of drug-likeness (QED) is 0.447. The topological polar surface area (TPSA) is 59.6 Å². The summed E-state index contributed by atoms with van der Waals surface area (Å²) in [4.78, 5) is 4.32. The Hall–Kier alpha value is -0.980. The minimum Gasteiger partial charge on any atom is -0.491 e. The summed E-state index contributed by atoms with van der Waals surface area (Å²) in [6, 6.07) is 8.74. The molecule has 1 aliphatic carbocycles. The number of halogens is 1. The number of benzene rings is 1. The van der Waals surface area contributed by atoms with E-state index in [-0.39, 0.29) is 30.1 Å². The molecule has 5 heteroatoms. The molecule has 20 heavy (non-hydrogen) atoms. The zero-order valence-electron chi connectivity index (χ0n) is 12.1. The Morgan fingerprint density at radius 2 is 2.00 bits per heavy atom. The number of rotatable bonds is 6. The third-order valence-electron chi connectivity index (χ3n) is 2.91. The van der Waals surface area contributed by atoms with E-state index in [9.17, 15) is 0 Å². The highest BCUT2D eigenvalue weighted by atomic mass is 127. The predicted octanol–water partition coefficient (Wildman–Crippen LogP) is 2.70. The number of nitrogens with two attached hydrogens (primary N) is 1. The van der Waals surface area contributed by atoms with Gasteiger partial charge in [0.25, 0.3) is 0 Å². The van der Waals surface area contributed by atoms with Gasteiger partial charge in [-0.05, 0) is 50.8 Å². The van der Waals surface area contributed by atoms with Gasteiger partial charge in [0.05, 0.1) is 6.10 Å². The average molecular weight is 389 g/mol. The van der Waals surface area contributed by atoms with E-state index in [0.717, 1.165) is 18.7 Å². The third kappa shape index (κ3) is 6.45. The zero-order chi connectivity index (χ0) is 13.7. The van der Waals surface area contributed by atoms with Crippen LogP contribution in [0.25, 0.3) is 0 Å². The van der Waals surface area contributed by atoms with Crippen LogP contribution in [0.15, 0.2) is 29.3 Å². The van der Waals surface area contributed by atoms with E-state index >= 15 is 0 Å². The second kappa shape index (κ2) is 8.34. The first kappa shape index (κ1) is 17.1. The number of nitrogens with one attached hydrogen (secondary N) is 1. The lowest BCUT2D eigenvalue weighted by Crippen LogP contribution is -2.33. The van der Waals surface area contributed by atoms with E-state index in [2.05, 4.69) is 22.4 Å². The molecule has 1 aliphatic rings. The molecule has 1 saturated carbocycles. The maximum atomic E-state index is 5.78. The summed E-state index contributed by atoms with van der Waals surface area (Å²) in [5, 5.41) is 3.18. The Kier molecular flexibility index (Phi) is 7.12. The van der Waals surface area contributed by atoms with Crippen molar-refractivity contribution in [2.24, 2.45) is 10.7 Å². The summed E-state index contributed by atoms with van der Waals surface area (Å²) in [7, 11) is 0. The molecule has 2 rings (SSSR count). The molecule has 0 atom stereocenters. The van der Waals surface area contributed by atoms with Gasteiger partial charge in [0.15, 0.2) is 5.96 Å². The molecule has 0 heterocycles. The molecule has 0 spiro atoms. The van der Waals surface area contributed by atoms with Crippen LogP contribution in [-0.4, -0.2) is 24.7 Å². The van der Waals surface area contributed by atoms with E-state index in [1.54, 1.807) is 0 Å². The number of guanidine groups is 1. The number of hydrogen-bond acceptors (Lipinski definition) is 2. The molecule has 0 amide bonds. The van der Waals surface area contributed by atoms with Crippen molar-refractivity contribution in [3.63, 3.8) is 0 Å². The van der Waals surface area contributed by atoms with Crippen LogP contribution in [0, 0.1) is 0 Å². The zero-order valence-corrected chi connectivity index (χ0v) is 14.5. The van der Waals surface area contributed by atoms with Gasteiger partial charge >= 0.3 is 0 Å². The molecule has 0 saturated heterocycles. The van der Waals surface area contributed by atoms with Crippen molar-refractivity contribution in [1.29, 1.82) is 0 Å². The first-order chi connectivity index (χ1) is 9.13. The lowest BCUT2D eigenvalue weighted by Gasteiger charge is -2.09. The van der Waals surface area contributed by atoms with Gasteiger partial charge in [-0.1, -0.05) is 12.1 Å². The van der Waals surface area contributed by atoms with Gasteiger partial charge in [-0.3, -0.25) is 4.99 Å². The summed E-state index contributed by atoms with van der Waals surface area (Å²) >= 11 is 0. The van der Waals surface area contributed by atoms with Crippen LogP contribution in [0.3, 0.4) is 0 Å². The molecule has 3 N–H and O–H groups in total. The predicted molar refractivity (Wildman–Crippen MR) is 94.0 cm³/mol. The molecule has 0 unspecified atom stereocenters. The first-order valence-corrected chi connectivity index (χ1v) is 6.95. The number of hydrogen-bond donors (Lipinski definition) is 2. The highest BCUT2D eigenvalue weighted by molar-refractivity contribution is 14.0. The lowest BCUT2D eigenvalue weighted by atomic mass is 10.1. The fraction of sp³-hybridized carbons (Fsp3) is 0.533. The molecular formula is C15H24IN3O. The van der Waals surface area contributed by atoms with E-state index in [4.69, 9.17) is 10.5 Å². The number of ether oxygens (including phenoxy) is 1. The van der Waals surface area contributed by atoms with Gasteiger partial charge in [-0.25, -0.2) is 0 Å². The Labute approximate surface area is 138 Å². The van der Waals surface area contributed by atoms with Crippen LogP contribution in [0.2, 0.25) is 0 Å². The Morgan fingerprint density at radius 1 is 1.35 bits per heavy atom. The van der Waals surface area contributed by atoms with Crippen LogP contribution in [0.4, 0.5) is 0 Å². The Bertz CT molecular complexity index is 427. The van der Waals surface area contributed by atoms with Crippen LogP contribution in [0.5, 0.6) is 5.75 Å². The Morgan fingerprint density at radius 3 is 2.55 bits per heavy atom. The molecule has 0 aromatic heterocycles. The van der Waals surface area contributed by atoms with Gasteiger partial charge in [-0.2, -0.15) is 0 Å². The van der Waals surface area contributed by atoms with Crippen LogP contribution >= 0.6 is 24.0 Å². The van der Waals surface area contributed by atoms with Crippen LogP contribution in [-0.2, 0) is 6.42 Å². The number of nitrogens with zero attached hydrogens (tertiary/aromatic N) is 1. The van der Waals surface area contributed by atoms with Crippen molar-refractivity contribution in [3.8, 4) is 5.75 Å². The van der Waals surface area contributed by atoms with E-state index in [0.29, 0.717) is 12.0 Å². The fourth-order valence-electron chi connectivity index (χ4n) is 1.79. The standard InChI is InChI=1S/C15H23N3O.HI/c1-11(2)19-14-7-3-12(4-8-14)9-10-17-15(16)18-13-5-6-13;/h3-4,7-8,11,13H,5-6,9-10H2,1-2H3,(H3,16,17,18);1H. The van der Waals surface area contributed by atoms with Gasteiger partial charge in [0, 0.05) is 12.6 Å². The second-order valence-electron chi connectivity index (χ2n) is 5.25. The fourth-order valence-corrected chi connectivity index (χ4v) is 1.79. The molecule has 0 aliphatic heterocycles. The van der Waals surface area contributed by atoms with Gasteiger partial charge in [0.2, 0.25) is 0 Å². The highest BCUT2D eigenvalue weighted by Gasteiger charge is 2.21. The van der Waals surface area contributed by atoms with Crippen molar-refractivity contribution in [1.82, 2.24) is 5.32 Å². The molecule has 0 bridgehead atoms. The molecular weight excluding hydrogens is 365 g/mol. The molecule has 112 valence electrons. The van der Waals surface area contributed by atoms with Crippen LogP contribution < -0.4 is 15.8 Å². The summed E-state index contributed by atoms with van der Waals surface area (Å²) in [6.45, 7) is 4.77. The van der Waals surface area contributed by atoms with Gasteiger partial charge < -0.3 is 15.8 Å². The summed E-state index contributed by atoms with van der Waals surface area (Å²) < 4.78 is 5.61. The second-order valence-corrected chi connectivity index (χ2v) is 5.25. The first-order valence-electron chi connectivity index (χ1n) is 6.95. The van der Waals surface area contributed by atoms with Crippen molar-refractivity contribution in [3.05, 3.63) is 29.8 Å². The summed E-state index contributed by atoms with van der Waals surface area (Å²) in [5.74, 6) is 1.49. The summed E-state index contributed by atoms with van der Waals surface area (Å²) in [5.41, 5.74) is 7.03. The minimum atomic E-state index is 0. The molecule has 1 aromatic rings. The largest absolute Gasteiger partial charge is 0.491 e. The highest BCUT2D eigenvalue weighted by Crippen LogP contribution is 2.18. The van der Waals surface area contributed by atoms with E-state index in [1.165, 1.54) is 18.4 Å². The van der Waals surface area contributed by atoms with Gasteiger partial charge in [0.1, 0.15) is 5.75 Å². The van der Waals surface area contributed by atoms with Crippen LogP contribution in [0.1, 0.15) is 32.3 Å². The van der Waals surface area contributed by atoms with Crippen molar-refractivity contribution in [2.45, 2.75) is 45.3 Å². The molecule has 4 nitrogen and oxygen atoms in total. The van der Waals surface area contributed by atoms with Crippen molar-refractivity contribution in [2.75, 3.05) is 6.54 Å². The maximum absolute atomic E-state index is 5.78. The Balaban J connectivity index is 0.00000200. The smallest absolute Gasteiger partial charge is 0.188 e. The normalized spacial score (nSPS) is 14.8. The summed E-state index contributed by atoms with van der Waals surface area (Å²) in [6.07, 6.45) is 3.54. The molecule has 1 aromatic carbocycles. The third-order valence-corrected chi connectivity index (χ3v) is 2.91. The average Bonchev–Trinajstić information content (AvgIpc) is 3.14. The van der Waals surface area contributed by atoms with E-state index in [1.807, 2.05) is 26.0 Å². The lowest BCUT2D eigenvalue weighted by molar-refractivity contribution is 0.242. The van der Waals surface area contributed by atoms with E-state index < -0.39 is 0 Å².